The average molecular weight is 414 g/mol. The van der Waals surface area contributed by atoms with Crippen molar-refractivity contribution in [3.05, 3.63) is 58.1 Å². The Bertz CT molecular complexity index is 852. The Hall–Kier alpha value is -2.78. The first kappa shape index (κ1) is 19.5. The summed E-state index contributed by atoms with van der Waals surface area (Å²) in [5, 5.41) is 12.1. The fourth-order valence-electron chi connectivity index (χ4n) is 2.29. The number of rotatable bonds is 6. The maximum absolute atomic E-state index is 12.4. The van der Waals surface area contributed by atoms with E-state index in [1.807, 2.05) is 50.2 Å². The molecular formula is C20H20BrN3O2. The van der Waals surface area contributed by atoms with Crippen molar-refractivity contribution >= 4 is 39.3 Å². The molecule has 0 atom stereocenters. The number of amides is 1. The minimum absolute atomic E-state index is 0.0309. The molecule has 5 nitrogen and oxygen atoms in total. The van der Waals surface area contributed by atoms with Gasteiger partial charge >= 0.3 is 0 Å². The highest BCUT2D eigenvalue weighted by molar-refractivity contribution is 9.10. The Morgan fingerprint density at radius 2 is 1.96 bits per heavy atom. The molecule has 0 aliphatic rings. The fraction of sp³-hybridized carbons (Fsp3) is 0.200. The van der Waals surface area contributed by atoms with E-state index in [0.29, 0.717) is 12.3 Å². The van der Waals surface area contributed by atoms with Gasteiger partial charge in [-0.2, -0.15) is 5.26 Å². The minimum Gasteiger partial charge on any atom is -0.494 e. The lowest BCUT2D eigenvalue weighted by atomic mass is 10.1. The second kappa shape index (κ2) is 9.07. The fourth-order valence-corrected chi connectivity index (χ4v) is 3.04. The molecule has 0 unspecified atom stereocenters. The van der Waals surface area contributed by atoms with E-state index < -0.39 is 5.91 Å². The van der Waals surface area contributed by atoms with Crippen molar-refractivity contribution in [2.45, 2.75) is 6.92 Å². The highest BCUT2D eigenvalue weighted by atomic mass is 79.9. The third-order valence-electron chi connectivity index (χ3n) is 3.55. The Morgan fingerprint density at radius 1 is 1.27 bits per heavy atom. The van der Waals surface area contributed by atoms with E-state index in [1.165, 1.54) is 0 Å². The molecule has 1 N–H and O–H groups in total. The Labute approximate surface area is 162 Å². The van der Waals surface area contributed by atoms with Crippen LogP contribution in [-0.4, -0.2) is 26.6 Å². The smallest absolute Gasteiger partial charge is 0.266 e. The normalized spacial score (nSPS) is 10.8. The van der Waals surface area contributed by atoms with Crippen molar-refractivity contribution in [2.24, 2.45) is 0 Å². The molecule has 0 saturated carbocycles. The molecule has 0 saturated heterocycles. The lowest BCUT2D eigenvalue weighted by molar-refractivity contribution is -0.112. The topological polar surface area (TPSA) is 65.4 Å². The summed E-state index contributed by atoms with van der Waals surface area (Å²) >= 11 is 3.50. The number of hydrogen-bond donors (Lipinski definition) is 1. The molecular weight excluding hydrogens is 394 g/mol. The van der Waals surface area contributed by atoms with Crippen molar-refractivity contribution in [1.82, 2.24) is 0 Å². The van der Waals surface area contributed by atoms with Crippen LogP contribution in [0.1, 0.15) is 12.5 Å². The van der Waals surface area contributed by atoms with Gasteiger partial charge in [-0.05, 0) is 70.9 Å². The number of anilines is 2. The van der Waals surface area contributed by atoms with Gasteiger partial charge in [-0.3, -0.25) is 4.79 Å². The zero-order valence-electron chi connectivity index (χ0n) is 14.9. The summed E-state index contributed by atoms with van der Waals surface area (Å²) < 4.78 is 6.26. The molecule has 0 spiro atoms. The molecule has 6 heteroatoms. The van der Waals surface area contributed by atoms with Crippen LogP contribution in [0.15, 0.2) is 52.5 Å². The van der Waals surface area contributed by atoms with E-state index in [4.69, 9.17) is 4.74 Å². The quantitative estimate of drug-likeness (QED) is 0.560. The third-order valence-corrected chi connectivity index (χ3v) is 4.19. The maximum Gasteiger partial charge on any atom is 0.266 e. The second-order valence-corrected chi connectivity index (χ2v) is 6.54. The molecule has 0 aromatic heterocycles. The number of carbonyl (C=O) groups is 1. The van der Waals surface area contributed by atoms with E-state index in [-0.39, 0.29) is 5.57 Å². The monoisotopic (exact) mass is 413 g/mol. The second-order valence-electron chi connectivity index (χ2n) is 5.69. The molecule has 0 bridgehead atoms. The van der Waals surface area contributed by atoms with Gasteiger partial charge in [-0.15, -0.1) is 0 Å². The molecule has 0 aliphatic carbocycles. The SMILES string of the molecule is CCOc1ccc(NC(=O)/C(C#N)=C\c2ccc(N(C)C)c(Br)c2)cc1. The van der Waals surface area contributed by atoms with Crippen LogP contribution in [0.4, 0.5) is 11.4 Å². The van der Waals surface area contributed by atoms with Crippen LogP contribution in [0, 0.1) is 11.3 Å². The van der Waals surface area contributed by atoms with Crippen LogP contribution in [-0.2, 0) is 4.79 Å². The molecule has 2 aromatic carbocycles. The minimum atomic E-state index is -0.454. The number of carbonyl (C=O) groups excluding carboxylic acids is 1. The summed E-state index contributed by atoms with van der Waals surface area (Å²) in [6, 6.07) is 14.6. The molecule has 0 radical (unpaired) electrons. The number of nitrogens with one attached hydrogen (secondary N) is 1. The van der Waals surface area contributed by atoms with Gasteiger partial charge in [0.15, 0.2) is 0 Å². The average Bonchev–Trinajstić information content (AvgIpc) is 2.61. The lowest BCUT2D eigenvalue weighted by Gasteiger charge is -2.14. The first-order valence-electron chi connectivity index (χ1n) is 8.07. The summed E-state index contributed by atoms with van der Waals surface area (Å²) in [5.74, 6) is 0.275. The summed E-state index contributed by atoms with van der Waals surface area (Å²) in [4.78, 5) is 14.3. The largest absolute Gasteiger partial charge is 0.494 e. The van der Waals surface area contributed by atoms with Crippen molar-refractivity contribution in [3.8, 4) is 11.8 Å². The van der Waals surface area contributed by atoms with Crippen LogP contribution in [0.2, 0.25) is 0 Å². The van der Waals surface area contributed by atoms with Crippen LogP contribution in [0.5, 0.6) is 5.75 Å². The van der Waals surface area contributed by atoms with Crippen molar-refractivity contribution in [2.75, 3.05) is 30.9 Å². The molecule has 26 heavy (non-hydrogen) atoms. The van der Waals surface area contributed by atoms with Crippen LogP contribution >= 0.6 is 15.9 Å². The van der Waals surface area contributed by atoms with Crippen molar-refractivity contribution in [3.63, 3.8) is 0 Å². The van der Waals surface area contributed by atoms with E-state index >= 15 is 0 Å². The van der Waals surface area contributed by atoms with Gasteiger partial charge in [0, 0.05) is 24.3 Å². The zero-order valence-corrected chi connectivity index (χ0v) is 16.5. The molecule has 0 heterocycles. The first-order valence-corrected chi connectivity index (χ1v) is 8.86. The predicted octanol–water partition coefficient (Wildman–Crippen LogP) is 4.46. The molecule has 0 aliphatic heterocycles. The predicted molar refractivity (Wildman–Crippen MR) is 108 cm³/mol. The molecule has 134 valence electrons. The molecule has 2 rings (SSSR count). The summed E-state index contributed by atoms with van der Waals surface area (Å²) in [6.07, 6.45) is 1.56. The van der Waals surface area contributed by atoms with E-state index in [0.717, 1.165) is 21.5 Å². The van der Waals surface area contributed by atoms with Gasteiger partial charge in [-0.1, -0.05) is 6.07 Å². The lowest BCUT2D eigenvalue weighted by Crippen LogP contribution is -2.13. The van der Waals surface area contributed by atoms with Gasteiger partial charge < -0.3 is 15.0 Å². The summed E-state index contributed by atoms with van der Waals surface area (Å²) in [7, 11) is 3.89. The zero-order chi connectivity index (χ0) is 19.1. The van der Waals surface area contributed by atoms with Gasteiger partial charge in [0.25, 0.3) is 5.91 Å². The highest BCUT2D eigenvalue weighted by Gasteiger charge is 2.10. The number of halogens is 1. The van der Waals surface area contributed by atoms with E-state index in [1.54, 1.807) is 30.3 Å². The van der Waals surface area contributed by atoms with Gasteiger partial charge in [0.1, 0.15) is 17.4 Å². The van der Waals surface area contributed by atoms with E-state index in [9.17, 15) is 10.1 Å². The molecule has 2 aromatic rings. The number of nitriles is 1. The molecule has 0 fully saturated rings. The Balaban J connectivity index is 2.16. The molecule has 1 amide bonds. The van der Waals surface area contributed by atoms with Crippen LogP contribution in [0.3, 0.4) is 0 Å². The van der Waals surface area contributed by atoms with Crippen molar-refractivity contribution < 1.29 is 9.53 Å². The van der Waals surface area contributed by atoms with E-state index in [2.05, 4.69) is 21.2 Å². The van der Waals surface area contributed by atoms with Crippen LogP contribution in [0.25, 0.3) is 6.08 Å². The maximum atomic E-state index is 12.4. The number of benzene rings is 2. The first-order chi connectivity index (χ1) is 12.4. The Morgan fingerprint density at radius 3 is 2.50 bits per heavy atom. The Kier molecular flexibility index (Phi) is 6.81. The van der Waals surface area contributed by atoms with Gasteiger partial charge in [-0.25, -0.2) is 0 Å². The number of hydrogen-bond acceptors (Lipinski definition) is 4. The number of nitrogens with zero attached hydrogens (tertiary/aromatic N) is 2. The van der Waals surface area contributed by atoms with Crippen LogP contribution < -0.4 is 15.0 Å². The van der Waals surface area contributed by atoms with Gasteiger partial charge in [0.05, 0.1) is 12.3 Å². The third kappa shape index (κ3) is 5.11. The number of ether oxygens (including phenoxy) is 1. The highest BCUT2D eigenvalue weighted by Crippen LogP contribution is 2.26. The van der Waals surface area contributed by atoms with Gasteiger partial charge in [0.2, 0.25) is 0 Å². The van der Waals surface area contributed by atoms with Crippen molar-refractivity contribution in [1.29, 1.82) is 5.26 Å². The standard InChI is InChI=1S/C20H20BrN3O2/c1-4-26-17-8-6-16(7-9-17)23-20(25)15(13-22)11-14-5-10-19(24(2)3)18(21)12-14/h5-12H,4H2,1-3H3,(H,23,25)/b15-11-. The summed E-state index contributed by atoms with van der Waals surface area (Å²) in [5.41, 5.74) is 2.41. The summed E-state index contributed by atoms with van der Waals surface area (Å²) in [6.45, 7) is 2.48.